The monoisotopic (exact) mass is 894 g/mol. The van der Waals surface area contributed by atoms with Gasteiger partial charge in [0.15, 0.2) is 0 Å². The van der Waals surface area contributed by atoms with Gasteiger partial charge in [0.1, 0.15) is 0 Å². The molecule has 0 amide bonds. The average Bonchev–Trinajstić information content (AvgIpc) is 3.25. The molecular weight excluding hydrogens is 817 g/mol. The number of allylic oxidation sites excluding steroid dienone is 4. The molecule has 1 aliphatic carbocycles. The van der Waals surface area contributed by atoms with Crippen molar-refractivity contribution >= 4 is 44.3 Å². The number of hydrogen-bond acceptors (Lipinski definition) is 15. The molecule has 0 aromatic rings. The van der Waals surface area contributed by atoms with E-state index in [4.69, 9.17) is 54.0 Å². The predicted octanol–water partition coefficient (Wildman–Crippen LogP) is 7.94. The fourth-order valence-electron chi connectivity index (χ4n) is 5.56. The second-order valence-corrected chi connectivity index (χ2v) is 22.4. The van der Waals surface area contributed by atoms with Gasteiger partial charge in [-0.3, -0.25) is 0 Å². The zero-order valence-corrected chi connectivity index (χ0v) is 40.7. The Hall–Kier alpha value is -2.34. The van der Waals surface area contributed by atoms with Crippen LogP contribution in [-0.2, 0) is 68.4 Å². The van der Waals surface area contributed by atoms with Crippen LogP contribution in [0.4, 0.5) is 0 Å². The van der Waals surface area contributed by atoms with Crippen LogP contribution in [0.25, 0.3) is 0 Å². The minimum Gasteiger partial charge on any atom is -0.463 e. The summed E-state index contributed by atoms with van der Waals surface area (Å²) >= 11 is 0. The van der Waals surface area contributed by atoms with Gasteiger partial charge >= 0.3 is 44.3 Å². The van der Waals surface area contributed by atoms with E-state index >= 15 is 0 Å². The van der Waals surface area contributed by atoms with Crippen molar-refractivity contribution in [1.82, 2.24) is 0 Å². The van der Waals surface area contributed by atoms with E-state index in [2.05, 4.69) is 18.7 Å². The zero-order chi connectivity index (χ0) is 44.5. The quantitative estimate of drug-likeness (QED) is 0.0165. The molecule has 0 saturated carbocycles. The second-order valence-electron chi connectivity index (χ2n) is 13.2. The number of ether oxygens (including phenoxy) is 3. The summed E-state index contributed by atoms with van der Waals surface area (Å²) in [5, 5.41) is 0. The van der Waals surface area contributed by atoms with Gasteiger partial charge in [-0.15, -0.1) is 0 Å². The highest BCUT2D eigenvalue weighted by Crippen LogP contribution is 2.17. The van der Waals surface area contributed by atoms with E-state index in [0.29, 0.717) is 57.2 Å². The molecule has 0 aromatic heterocycles. The van der Waals surface area contributed by atoms with Crippen molar-refractivity contribution < 1.29 is 68.4 Å². The average molecular weight is 895 g/mol. The molecule has 0 N–H and O–H groups in total. The molecule has 0 bridgehead atoms. The molecule has 0 atom stereocenters. The van der Waals surface area contributed by atoms with Crippen molar-refractivity contribution in [3.05, 3.63) is 49.1 Å². The Morgan fingerprint density at radius 3 is 1.05 bits per heavy atom. The van der Waals surface area contributed by atoms with Gasteiger partial charge in [0.25, 0.3) is 0 Å². The molecule has 0 aromatic carbocycles. The molecule has 0 fully saturated rings. The molecule has 0 unspecified atom stereocenters. The van der Waals surface area contributed by atoms with Crippen LogP contribution in [0, 0.1) is 0 Å². The molecule has 1 aliphatic rings. The van der Waals surface area contributed by atoms with E-state index < -0.39 is 32.4 Å². The first-order valence-electron chi connectivity index (χ1n) is 20.6. The number of carbonyl (C=O) groups is 3. The summed E-state index contributed by atoms with van der Waals surface area (Å²) < 4.78 is 62.8. The Bertz CT molecular complexity index is 1050. The summed E-state index contributed by atoms with van der Waals surface area (Å²) in [6.07, 6.45) is 28.4. The molecule has 0 spiro atoms. The second kappa shape index (κ2) is 39.8. The summed E-state index contributed by atoms with van der Waals surface area (Å²) in [5.41, 5.74) is 0. The lowest BCUT2D eigenvalue weighted by atomic mass is 10.1. The number of unbranched alkanes of at least 4 members (excludes halogenated alkanes) is 5. The maximum Gasteiger partial charge on any atom is 0.500 e. The molecule has 0 saturated heterocycles. The lowest BCUT2D eigenvalue weighted by Gasteiger charge is -2.23. The van der Waals surface area contributed by atoms with Gasteiger partial charge in [-0.1, -0.05) is 56.6 Å². The summed E-state index contributed by atoms with van der Waals surface area (Å²) in [7, 11) is 6.28. The third-order valence-corrected chi connectivity index (χ3v) is 17.7. The van der Waals surface area contributed by atoms with Crippen LogP contribution in [-0.4, -0.2) is 128 Å². The SMILES string of the molecule is C1=CCCCCCC1.C=CC(=O)OCCC[Si](OC)(OC)OC.CO[Si](CCCOC(=O)/C=C/CCCCCC/C=C/C(=O)OCCC[Si](OC)(OC)OC)(OC)OC. The molecule has 0 heterocycles. The van der Waals surface area contributed by atoms with E-state index in [1.807, 2.05) is 12.2 Å². The molecule has 0 aliphatic heterocycles. The Morgan fingerprint density at radius 1 is 0.458 bits per heavy atom. The molecule has 59 heavy (non-hydrogen) atoms. The molecule has 1 rings (SSSR count). The van der Waals surface area contributed by atoms with Crippen molar-refractivity contribution in [1.29, 1.82) is 0 Å². The number of rotatable bonds is 31. The summed E-state index contributed by atoms with van der Waals surface area (Å²) in [4.78, 5) is 34.2. The van der Waals surface area contributed by atoms with Crippen molar-refractivity contribution in [3.8, 4) is 0 Å². The highest BCUT2D eigenvalue weighted by Gasteiger charge is 2.38. The maximum absolute atomic E-state index is 11.8. The van der Waals surface area contributed by atoms with Gasteiger partial charge in [-0.05, 0) is 70.6 Å². The van der Waals surface area contributed by atoms with Gasteiger partial charge in [-0.2, -0.15) is 0 Å². The largest absolute Gasteiger partial charge is 0.500 e. The Labute approximate surface area is 359 Å². The van der Waals surface area contributed by atoms with Gasteiger partial charge in [0.2, 0.25) is 0 Å². The first kappa shape index (κ1) is 58.8. The van der Waals surface area contributed by atoms with Crippen LogP contribution in [0.3, 0.4) is 0 Å². The normalized spacial score (nSPS) is 13.4. The van der Waals surface area contributed by atoms with Crippen LogP contribution in [0.1, 0.15) is 96.3 Å². The molecular formula is C41H78O15Si3. The van der Waals surface area contributed by atoms with Gasteiger partial charge in [0, 0.05) is 100 Å². The van der Waals surface area contributed by atoms with Crippen LogP contribution in [0.2, 0.25) is 18.1 Å². The number of carbonyl (C=O) groups excluding carboxylic acids is 3. The predicted molar refractivity (Wildman–Crippen MR) is 235 cm³/mol. The highest BCUT2D eigenvalue weighted by atomic mass is 28.4. The molecule has 15 nitrogen and oxygen atoms in total. The summed E-state index contributed by atoms with van der Waals surface area (Å²) in [6, 6.07) is 1.79. The number of esters is 3. The van der Waals surface area contributed by atoms with Gasteiger partial charge < -0.3 is 54.0 Å². The van der Waals surface area contributed by atoms with Gasteiger partial charge in [-0.25, -0.2) is 14.4 Å². The lowest BCUT2D eigenvalue weighted by Crippen LogP contribution is -2.42. The van der Waals surface area contributed by atoms with Crippen molar-refractivity contribution in [2.75, 3.05) is 83.8 Å². The number of hydrogen-bond donors (Lipinski definition) is 0. The van der Waals surface area contributed by atoms with Crippen LogP contribution >= 0.6 is 0 Å². The molecule has 0 radical (unpaired) electrons. The lowest BCUT2D eigenvalue weighted by molar-refractivity contribution is -0.138. The van der Waals surface area contributed by atoms with Crippen molar-refractivity contribution in [3.63, 3.8) is 0 Å². The van der Waals surface area contributed by atoms with Crippen LogP contribution in [0.15, 0.2) is 49.1 Å². The van der Waals surface area contributed by atoms with Crippen molar-refractivity contribution in [2.45, 2.75) is 114 Å². The maximum atomic E-state index is 11.8. The van der Waals surface area contributed by atoms with E-state index in [1.54, 1.807) is 64.0 Å². The summed E-state index contributed by atoms with van der Waals surface area (Å²) in [5.74, 6) is -1.11. The van der Waals surface area contributed by atoms with Crippen molar-refractivity contribution in [2.24, 2.45) is 0 Å². The molecule has 18 heteroatoms. The molecule has 344 valence electrons. The zero-order valence-electron chi connectivity index (χ0n) is 37.7. The smallest absolute Gasteiger partial charge is 0.463 e. The van der Waals surface area contributed by atoms with E-state index in [-0.39, 0.29) is 11.9 Å². The van der Waals surface area contributed by atoms with Crippen LogP contribution < -0.4 is 0 Å². The fourth-order valence-corrected chi connectivity index (χ4v) is 10.6. The standard InChI is InChI=1S/C24H46O10Si2.C9H18O5Si.C8H14/c1-27-35(28-2,29-3)21-15-19-33-23(25)17-13-11-9-7-8-10-12-14-18-24(26)34-20-16-22-36(30-4,31-5)32-6;1-5-9(10)14-7-6-8-15(11-2,12-3)13-4;1-2-4-6-8-7-5-3-1/h13-14,17-18H,7-12,15-16,19-22H2,1-6H3;5H,1,6-8H2,2-4H3;1-2H,3-8H2/b17-13+,18-14+;;. The van der Waals surface area contributed by atoms with E-state index in [0.717, 1.165) is 44.6 Å². The third kappa shape index (κ3) is 31.2. The Kier molecular flexibility index (Phi) is 39.6. The van der Waals surface area contributed by atoms with Crippen LogP contribution in [0.5, 0.6) is 0 Å². The highest BCUT2D eigenvalue weighted by molar-refractivity contribution is 6.61. The first-order chi connectivity index (χ1) is 28.5. The summed E-state index contributed by atoms with van der Waals surface area (Å²) in [6.45, 7) is 4.21. The first-order valence-corrected chi connectivity index (χ1v) is 26.4. The minimum absolute atomic E-state index is 0.298. The van der Waals surface area contributed by atoms with Gasteiger partial charge in [0.05, 0.1) is 19.8 Å². The topological polar surface area (TPSA) is 162 Å². The van der Waals surface area contributed by atoms with E-state index in [1.165, 1.54) is 50.7 Å². The Balaban J connectivity index is 0. The minimum atomic E-state index is -2.61. The third-order valence-electron chi connectivity index (χ3n) is 9.24. The van der Waals surface area contributed by atoms with E-state index in [9.17, 15) is 14.4 Å². The fraction of sp³-hybridized carbons (Fsp3) is 0.732. The Morgan fingerprint density at radius 2 is 0.763 bits per heavy atom.